The number of rotatable bonds is 11. The molecule has 0 N–H and O–H groups in total. The molecular weight excluding hydrogens is 550 g/mol. The molecule has 0 bridgehead atoms. The number of methoxy groups -OCH3 is 1. The summed E-state index contributed by atoms with van der Waals surface area (Å²) in [6.45, 7) is 6.07. The van der Waals surface area contributed by atoms with Crippen molar-refractivity contribution in [1.29, 1.82) is 0 Å². The van der Waals surface area contributed by atoms with Crippen LogP contribution >= 0.6 is 0 Å². The van der Waals surface area contributed by atoms with Gasteiger partial charge in [0.2, 0.25) is 5.95 Å². The van der Waals surface area contributed by atoms with Crippen LogP contribution in [0.2, 0.25) is 0 Å². The van der Waals surface area contributed by atoms with Crippen LogP contribution in [0.1, 0.15) is 40.4 Å². The molecule has 3 aromatic carbocycles. The zero-order valence-electron chi connectivity index (χ0n) is 25.6. The van der Waals surface area contributed by atoms with E-state index < -0.39 is 0 Å². The van der Waals surface area contributed by atoms with Crippen LogP contribution in [0.5, 0.6) is 5.75 Å². The van der Waals surface area contributed by atoms with Gasteiger partial charge >= 0.3 is 0 Å². The number of nitrogens with zero attached hydrogens (tertiary/aromatic N) is 5. The van der Waals surface area contributed by atoms with Gasteiger partial charge in [-0.15, -0.1) is 0 Å². The number of aromatic nitrogens is 2. The molecule has 3 heterocycles. The first-order valence-electron chi connectivity index (χ1n) is 15.5. The molecule has 0 radical (unpaired) electrons. The second-order valence-corrected chi connectivity index (χ2v) is 11.6. The Morgan fingerprint density at radius 1 is 0.955 bits per heavy atom. The van der Waals surface area contributed by atoms with E-state index >= 15 is 0 Å². The van der Waals surface area contributed by atoms with Crippen LogP contribution in [-0.2, 0) is 6.54 Å². The van der Waals surface area contributed by atoms with E-state index in [1.165, 1.54) is 5.56 Å². The van der Waals surface area contributed by atoms with Gasteiger partial charge < -0.3 is 28.4 Å². The van der Waals surface area contributed by atoms with Gasteiger partial charge in [0.1, 0.15) is 11.5 Å². The van der Waals surface area contributed by atoms with Crippen molar-refractivity contribution in [1.82, 2.24) is 19.4 Å². The molecule has 5 aromatic rings. The molecule has 1 amide bonds. The average Bonchev–Trinajstić information content (AvgIpc) is 3.65. The van der Waals surface area contributed by atoms with E-state index in [1.807, 2.05) is 72.6 Å². The molecule has 0 aliphatic carbocycles. The topological polar surface area (TPSA) is 67.0 Å². The van der Waals surface area contributed by atoms with Crippen LogP contribution in [0.4, 0.5) is 5.95 Å². The molecule has 44 heavy (non-hydrogen) atoms. The van der Waals surface area contributed by atoms with Crippen molar-refractivity contribution in [3.05, 3.63) is 114 Å². The second-order valence-electron chi connectivity index (χ2n) is 11.6. The Morgan fingerprint density at radius 2 is 1.80 bits per heavy atom. The number of anilines is 1. The maximum Gasteiger partial charge on any atom is 0.253 e. The second kappa shape index (κ2) is 13.8. The molecule has 8 heteroatoms. The number of amides is 1. The van der Waals surface area contributed by atoms with E-state index in [1.54, 1.807) is 13.4 Å². The van der Waals surface area contributed by atoms with Gasteiger partial charge in [0, 0.05) is 44.7 Å². The molecule has 0 spiro atoms. The average molecular weight is 592 g/mol. The Bertz CT molecular complexity index is 1650. The molecule has 8 nitrogen and oxygen atoms in total. The Balaban J connectivity index is 1.15. The number of carbonyl (C=O) groups excluding carboxylic acids is 1. The van der Waals surface area contributed by atoms with Crippen LogP contribution in [-0.4, -0.2) is 78.7 Å². The largest absolute Gasteiger partial charge is 0.497 e. The molecule has 1 unspecified atom stereocenters. The summed E-state index contributed by atoms with van der Waals surface area (Å²) >= 11 is 0. The Kier molecular flexibility index (Phi) is 9.27. The van der Waals surface area contributed by atoms with Gasteiger partial charge in [0.05, 0.1) is 31.0 Å². The monoisotopic (exact) mass is 591 g/mol. The number of para-hydroxylation sites is 2. The summed E-state index contributed by atoms with van der Waals surface area (Å²) in [4.78, 5) is 25.1. The number of imidazole rings is 1. The van der Waals surface area contributed by atoms with Gasteiger partial charge in [0.15, 0.2) is 0 Å². The Hall–Kier alpha value is -4.56. The third-order valence-corrected chi connectivity index (χ3v) is 8.62. The van der Waals surface area contributed by atoms with Crippen LogP contribution < -0.4 is 9.64 Å². The van der Waals surface area contributed by atoms with Gasteiger partial charge in [-0.25, -0.2) is 4.98 Å². The van der Waals surface area contributed by atoms with Crippen LogP contribution in [0.3, 0.4) is 0 Å². The third kappa shape index (κ3) is 6.81. The van der Waals surface area contributed by atoms with E-state index in [4.69, 9.17) is 14.1 Å². The molecule has 6 rings (SSSR count). The summed E-state index contributed by atoms with van der Waals surface area (Å²) in [5.41, 5.74) is 4.03. The molecule has 228 valence electrons. The Morgan fingerprint density at radius 3 is 2.61 bits per heavy atom. The zero-order chi connectivity index (χ0) is 30.3. The highest BCUT2D eigenvalue weighted by Crippen LogP contribution is 2.28. The number of fused-ring (bicyclic) bond motifs is 1. The number of ether oxygens (including phenoxy) is 1. The molecule has 2 aromatic heterocycles. The number of hydrogen-bond donors (Lipinski definition) is 0. The number of benzene rings is 3. The minimum absolute atomic E-state index is 0.0429. The van der Waals surface area contributed by atoms with Crippen LogP contribution in [0.25, 0.3) is 11.0 Å². The van der Waals surface area contributed by atoms with E-state index in [0.29, 0.717) is 18.7 Å². The van der Waals surface area contributed by atoms with Crippen molar-refractivity contribution >= 4 is 22.9 Å². The molecule has 0 saturated carbocycles. The number of furan rings is 1. The maximum atomic E-state index is 13.2. The van der Waals surface area contributed by atoms with E-state index in [0.717, 1.165) is 74.1 Å². The highest BCUT2D eigenvalue weighted by atomic mass is 16.5. The van der Waals surface area contributed by atoms with Crippen molar-refractivity contribution in [3.8, 4) is 5.75 Å². The smallest absolute Gasteiger partial charge is 0.253 e. The lowest BCUT2D eigenvalue weighted by Gasteiger charge is -2.28. The van der Waals surface area contributed by atoms with E-state index in [2.05, 4.69) is 44.7 Å². The van der Waals surface area contributed by atoms with Gasteiger partial charge in [-0.3, -0.25) is 4.79 Å². The van der Waals surface area contributed by atoms with Crippen molar-refractivity contribution in [2.24, 2.45) is 0 Å². The lowest BCUT2D eigenvalue weighted by molar-refractivity contribution is 0.0782. The normalized spacial score (nSPS) is 14.8. The summed E-state index contributed by atoms with van der Waals surface area (Å²) in [6, 6.07) is 30.1. The van der Waals surface area contributed by atoms with Crippen LogP contribution in [0.15, 0.2) is 102 Å². The van der Waals surface area contributed by atoms with E-state index in [9.17, 15) is 4.79 Å². The van der Waals surface area contributed by atoms with Crippen molar-refractivity contribution < 1.29 is 13.9 Å². The predicted octanol–water partition coefficient (Wildman–Crippen LogP) is 6.14. The molecule has 1 aliphatic heterocycles. The molecule has 1 fully saturated rings. The lowest BCUT2D eigenvalue weighted by atomic mass is 9.94. The molecule has 1 aliphatic rings. The molecule has 1 atom stereocenters. The van der Waals surface area contributed by atoms with Gasteiger partial charge in [-0.2, -0.15) is 0 Å². The number of likely N-dealkylation sites (N-methyl/N-ethyl adjacent to an activating group) is 1. The van der Waals surface area contributed by atoms with Gasteiger partial charge in [0.25, 0.3) is 5.91 Å². The summed E-state index contributed by atoms with van der Waals surface area (Å²) < 4.78 is 13.5. The fourth-order valence-corrected chi connectivity index (χ4v) is 6.22. The van der Waals surface area contributed by atoms with Crippen molar-refractivity contribution in [2.75, 3.05) is 58.3 Å². The zero-order valence-corrected chi connectivity index (χ0v) is 25.6. The lowest BCUT2D eigenvalue weighted by Crippen LogP contribution is -2.35. The van der Waals surface area contributed by atoms with Gasteiger partial charge in [-0.05, 0) is 80.0 Å². The number of hydrogen-bond acceptors (Lipinski definition) is 6. The van der Waals surface area contributed by atoms with E-state index in [-0.39, 0.29) is 11.8 Å². The highest BCUT2D eigenvalue weighted by molar-refractivity contribution is 5.94. The molecular formula is C36H41N5O3. The highest BCUT2D eigenvalue weighted by Gasteiger charge is 2.24. The third-order valence-electron chi connectivity index (χ3n) is 8.62. The SMILES string of the molecule is COc1cccc(C(CCN2CCCN(c3nc4ccccc4n3Cc3ccco3)CC2)CN(C)C(=O)c2ccccc2)c1. The fourth-order valence-electron chi connectivity index (χ4n) is 6.22. The Labute approximate surface area is 259 Å². The quantitative estimate of drug-likeness (QED) is 0.184. The van der Waals surface area contributed by atoms with Crippen molar-refractivity contribution in [2.45, 2.75) is 25.3 Å². The first-order chi connectivity index (χ1) is 21.6. The maximum absolute atomic E-state index is 13.2. The number of carbonyl (C=O) groups is 1. The summed E-state index contributed by atoms with van der Waals surface area (Å²) in [5.74, 6) is 2.98. The summed E-state index contributed by atoms with van der Waals surface area (Å²) in [6.07, 6.45) is 3.73. The standard InChI is InChI=1S/C36H41N5O3/c1-38(35(42)28-11-4-3-5-12-28)26-30(29-13-8-14-31(25-29)43-2)18-21-39-19-10-20-40(23-22-39)36-37-33-16-6-7-17-34(33)41(36)27-32-15-9-24-44-32/h3-9,11-17,24-25,30H,10,18-23,26-27H2,1-2H3. The minimum Gasteiger partial charge on any atom is -0.497 e. The minimum atomic E-state index is 0.0429. The summed E-state index contributed by atoms with van der Waals surface area (Å²) in [5, 5.41) is 0. The van der Waals surface area contributed by atoms with Gasteiger partial charge in [-0.1, -0.05) is 42.5 Å². The fraction of sp³-hybridized carbons (Fsp3) is 0.333. The predicted molar refractivity (Wildman–Crippen MR) is 175 cm³/mol. The first kappa shape index (κ1) is 29.5. The first-order valence-corrected chi connectivity index (χ1v) is 15.5. The van der Waals surface area contributed by atoms with Crippen molar-refractivity contribution in [3.63, 3.8) is 0 Å². The summed E-state index contributed by atoms with van der Waals surface area (Å²) in [7, 11) is 3.60. The van der Waals surface area contributed by atoms with Crippen LogP contribution in [0, 0.1) is 0 Å². The molecule has 1 saturated heterocycles.